The van der Waals surface area contributed by atoms with E-state index in [1.165, 1.54) is 0 Å². The minimum absolute atomic E-state index is 0.101. The van der Waals surface area contributed by atoms with Crippen molar-refractivity contribution in [3.63, 3.8) is 0 Å². The molecule has 5 nitrogen and oxygen atoms in total. The molecule has 0 saturated heterocycles. The molecule has 0 radical (unpaired) electrons. The third kappa shape index (κ3) is 2.65. The third-order valence-electron chi connectivity index (χ3n) is 2.33. The number of aryl methyl sites for hydroxylation is 1. The van der Waals surface area contributed by atoms with E-state index in [4.69, 9.17) is 11.5 Å². The Kier molecular flexibility index (Phi) is 3.14. The summed E-state index contributed by atoms with van der Waals surface area (Å²) in [6.45, 7) is 4.01. The van der Waals surface area contributed by atoms with Crippen LogP contribution in [0.15, 0.2) is 17.5 Å². The van der Waals surface area contributed by atoms with Gasteiger partial charge in [-0.25, -0.2) is 9.97 Å². The maximum absolute atomic E-state index is 5.65. The van der Waals surface area contributed by atoms with Gasteiger partial charge in [-0.15, -0.1) is 11.3 Å². The topological polar surface area (TPSA) is 89.8 Å². The predicted octanol–water partition coefficient (Wildman–Crippen LogP) is 2.18. The summed E-state index contributed by atoms with van der Waals surface area (Å²) in [7, 11) is 0. The van der Waals surface area contributed by atoms with Gasteiger partial charge in [0, 0.05) is 11.1 Å². The van der Waals surface area contributed by atoms with Crippen LogP contribution in [0.25, 0.3) is 0 Å². The highest BCUT2D eigenvalue weighted by atomic mass is 32.1. The van der Waals surface area contributed by atoms with Crippen molar-refractivity contribution in [2.24, 2.45) is 0 Å². The lowest BCUT2D eigenvalue weighted by atomic mass is 10.3. The Hall–Kier alpha value is -1.82. The molecule has 2 aromatic rings. The first-order valence-corrected chi connectivity index (χ1v) is 6.15. The van der Waals surface area contributed by atoms with Gasteiger partial charge in [0.05, 0.1) is 11.7 Å². The van der Waals surface area contributed by atoms with Crippen molar-refractivity contribution in [2.75, 3.05) is 16.8 Å². The number of hydrogen-bond acceptors (Lipinski definition) is 6. The van der Waals surface area contributed by atoms with Crippen molar-refractivity contribution < 1.29 is 0 Å². The summed E-state index contributed by atoms with van der Waals surface area (Å²) in [5.74, 6) is 1.05. The van der Waals surface area contributed by atoms with Gasteiger partial charge in [0.25, 0.3) is 0 Å². The average molecular weight is 249 g/mol. The van der Waals surface area contributed by atoms with E-state index in [9.17, 15) is 0 Å². The summed E-state index contributed by atoms with van der Waals surface area (Å²) in [6, 6.07) is 3.65. The van der Waals surface area contributed by atoms with Crippen LogP contribution in [0.3, 0.4) is 0 Å². The number of nitrogens with one attached hydrogen (secondary N) is 1. The molecular formula is C11H15N5S. The summed E-state index contributed by atoms with van der Waals surface area (Å²) in [5, 5.41) is 6.29. The van der Waals surface area contributed by atoms with E-state index >= 15 is 0 Å². The molecule has 0 aliphatic rings. The summed E-state index contributed by atoms with van der Waals surface area (Å²) in [5.41, 5.74) is 12.8. The Morgan fingerprint density at radius 3 is 2.65 bits per heavy atom. The van der Waals surface area contributed by atoms with Gasteiger partial charge < -0.3 is 16.8 Å². The number of pyridine rings is 1. The number of anilines is 3. The number of thiazole rings is 1. The smallest absolute Gasteiger partial charge is 0.149 e. The van der Waals surface area contributed by atoms with Crippen molar-refractivity contribution in [3.05, 3.63) is 28.2 Å². The molecule has 0 aliphatic heterocycles. The predicted molar refractivity (Wildman–Crippen MR) is 72.0 cm³/mol. The van der Waals surface area contributed by atoms with Gasteiger partial charge in [-0.05, 0) is 26.0 Å². The van der Waals surface area contributed by atoms with Gasteiger partial charge in [-0.3, -0.25) is 0 Å². The molecule has 2 aromatic heterocycles. The molecule has 0 spiro atoms. The van der Waals surface area contributed by atoms with E-state index in [1.54, 1.807) is 17.4 Å². The SMILES string of the molecule is Cc1csc(C(C)Nc2ccc(N)c(N)n2)n1. The van der Waals surface area contributed by atoms with Crippen LogP contribution >= 0.6 is 11.3 Å². The highest BCUT2D eigenvalue weighted by molar-refractivity contribution is 7.09. The van der Waals surface area contributed by atoms with E-state index < -0.39 is 0 Å². The molecule has 1 unspecified atom stereocenters. The highest BCUT2D eigenvalue weighted by Crippen LogP contribution is 2.23. The zero-order valence-electron chi connectivity index (χ0n) is 9.77. The van der Waals surface area contributed by atoms with E-state index in [1.807, 2.05) is 25.3 Å². The van der Waals surface area contributed by atoms with Crippen molar-refractivity contribution in [1.29, 1.82) is 0 Å². The fraction of sp³-hybridized carbons (Fsp3) is 0.273. The lowest BCUT2D eigenvalue weighted by Crippen LogP contribution is -2.09. The molecule has 6 heteroatoms. The Morgan fingerprint density at radius 2 is 2.06 bits per heavy atom. The molecule has 0 bridgehead atoms. The zero-order chi connectivity index (χ0) is 12.4. The number of nitrogens with zero attached hydrogens (tertiary/aromatic N) is 2. The largest absolute Gasteiger partial charge is 0.396 e. The first-order valence-electron chi connectivity index (χ1n) is 5.27. The number of nitrogen functional groups attached to an aromatic ring is 2. The first kappa shape index (κ1) is 11.7. The molecule has 1 atom stereocenters. The van der Waals surface area contributed by atoms with Crippen LogP contribution in [0.1, 0.15) is 23.7 Å². The maximum Gasteiger partial charge on any atom is 0.149 e. The zero-order valence-corrected chi connectivity index (χ0v) is 10.6. The van der Waals surface area contributed by atoms with Crippen LogP contribution in [0.4, 0.5) is 17.3 Å². The number of rotatable bonds is 3. The Balaban J connectivity index is 2.12. The molecule has 2 heterocycles. The minimum Gasteiger partial charge on any atom is -0.396 e. The van der Waals surface area contributed by atoms with Gasteiger partial charge in [-0.1, -0.05) is 0 Å². The van der Waals surface area contributed by atoms with Crippen LogP contribution in [-0.2, 0) is 0 Å². The van der Waals surface area contributed by atoms with Gasteiger partial charge in [0.2, 0.25) is 0 Å². The van der Waals surface area contributed by atoms with Gasteiger partial charge in [0.15, 0.2) is 0 Å². The second-order valence-corrected chi connectivity index (χ2v) is 4.75. The van der Waals surface area contributed by atoms with E-state index in [0.717, 1.165) is 10.7 Å². The molecule has 2 rings (SSSR count). The first-order chi connectivity index (χ1) is 8.06. The van der Waals surface area contributed by atoms with Crippen LogP contribution in [0.2, 0.25) is 0 Å². The average Bonchev–Trinajstić information content (AvgIpc) is 2.70. The number of nitrogens with two attached hydrogens (primary N) is 2. The normalized spacial score (nSPS) is 12.4. The molecule has 0 aromatic carbocycles. The van der Waals surface area contributed by atoms with Crippen LogP contribution in [-0.4, -0.2) is 9.97 Å². The van der Waals surface area contributed by atoms with E-state index in [-0.39, 0.29) is 6.04 Å². The van der Waals surface area contributed by atoms with Gasteiger partial charge >= 0.3 is 0 Å². The summed E-state index contributed by atoms with van der Waals surface area (Å²) < 4.78 is 0. The molecular weight excluding hydrogens is 234 g/mol. The van der Waals surface area contributed by atoms with Crippen LogP contribution < -0.4 is 16.8 Å². The third-order valence-corrected chi connectivity index (χ3v) is 3.47. The highest BCUT2D eigenvalue weighted by Gasteiger charge is 2.10. The van der Waals surface area contributed by atoms with Crippen molar-refractivity contribution in [1.82, 2.24) is 9.97 Å². The lowest BCUT2D eigenvalue weighted by molar-refractivity contribution is 0.856. The van der Waals surface area contributed by atoms with Crippen molar-refractivity contribution in [2.45, 2.75) is 19.9 Å². The Labute approximate surface area is 104 Å². The summed E-state index contributed by atoms with van der Waals surface area (Å²) in [4.78, 5) is 8.58. The Bertz CT molecular complexity index is 522. The molecule has 0 amide bonds. The van der Waals surface area contributed by atoms with E-state index in [2.05, 4.69) is 15.3 Å². The van der Waals surface area contributed by atoms with Gasteiger partial charge in [0.1, 0.15) is 16.6 Å². The minimum atomic E-state index is 0.101. The molecule has 0 aliphatic carbocycles. The Morgan fingerprint density at radius 1 is 1.29 bits per heavy atom. The second-order valence-electron chi connectivity index (χ2n) is 3.86. The fourth-order valence-corrected chi connectivity index (χ4v) is 2.22. The molecule has 90 valence electrons. The number of aromatic nitrogens is 2. The molecule has 0 fully saturated rings. The quantitative estimate of drug-likeness (QED) is 0.775. The van der Waals surface area contributed by atoms with Crippen LogP contribution in [0.5, 0.6) is 0 Å². The lowest BCUT2D eigenvalue weighted by Gasteiger charge is -2.12. The van der Waals surface area contributed by atoms with Crippen molar-refractivity contribution in [3.8, 4) is 0 Å². The number of hydrogen-bond donors (Lipinski definition) is 3. The maximum atomic E-state index is 5.65. The molecule has 17 heavy (non-hydrogen) atoms. The second kappa shape index (κ2) is 4.58. The standard InChI is InChI=1S/C11H15N5S/c1-6-5-17-11(14-6)7(2)15-9-4-3-8(12)10(13)16-9/h3-5,7H,12H2,1-2H3,(H3,13,15,16). The summed E-state index contributed by atoms with van der Waals surface area (Å²) in [6.07, 6.45) is 0. The summed E-state index contributed by atoms with van der Waals surface area (Å²) >= 11 is 1.63. The molecule has 0 saturated carbocycles. The fourth-order valence-electron chi connectivity index (χ4n) is 1.42. The monoisotopic (exact) mass is 249 g/mol. The van der Waals surface area contributed by atoms with Crippen LogP contribution in [0, 0.1) is 6.92 Å². The molecule has 5 N–H and O–H groups in total. The van der Waals surface area contributed by atoms with E-state index in [0.29, 0.717) is 17.3 Å². The van der Waals surface area contributed by atoms with Gasteiger partial charge in [-0.2, -0.15) is 0 Å². The van der Waals surface area contributed by atoms with Crippen molar-refractivity contribution >= 4 is 28.7 Å².